The quantitative estimate of drug-likeness (QED) is 0.140. The first kappa shape index (κ1) is 36.2. The normalized spacial score (nSPS) is 17.3. The number of aliphatic hydroxyl groups is 2. The maximum atomic E-state index is 14.2. The summed E-state index contributed by atoms with van der Waals surface area (Å²) in [6.07, 6.45) is 0.361. The molecule has 1 aliphatic rings. The molecule has 0 saturated heterocycles. The molecule has 0 aliphatic heterocycles. The number of carbonyl (C=O) groups is 3. The minimum Gasteiger partial charge on any atom is -0.453 e. The summed E-state index contributed by atoms with van der Waals surface area (Å²) in [5.74, 6) is -1.26. The average Bonchev–Trinajstić information content (AvgIpc) is 3.41. The number of carbonyl (C=O) groups excluding carboxylic acids is 3. The number of hydrogen-bond donors (Lipinski definition) is 5. The van der Waals surface area contributed by atoms with E-state index < -0.39 is 47.1 Å². The van der Waals surface area contributed by atoms with Gasteiger partial charge >= 0.3 is 6.09 Å². The number of nitrogens with zero attached hydrogens (tertiary/aromatic N) is 2. The summed E-state index contributed by atoms with van der Waals surface area (Å²) >= 11 is 0. The van der Waals surface area contributed by atoms with E-state index >= 15 is 0 Å². The summed E-state index contributed by atoms with van der Waals surface area (Å²) in [5.41, 5.74) is 4.97. The summed E-state index contributed by atoms with van der Waals surface area (Å²) < 4.78 is 4.79. The largest absolute Gasteiger partial charge is 0.453 e. The Bertz CT molecular complexity index is 1760. The molecule has 1 heterocycles. The van der Waals surface area contributed by atoms with Gasteiger partial charge in [0.05, 0.1) is 31.5 Å². The molecule has 50 heavy (non-hydrogen) atoms. The molecule has 4 aromatic rings. The molecule has 0 unspecified atom stereocenters. The Hall–Kier alpha value is -5.10. The number of alkyl carbamates (subject to hydrolysis) is 1. The minimum atomic E-state index is -2.08. The fourth-order valence-corrected chi connectivity index (χ4v) is 6.22. The first-order chi connectivity index (χ1) is 23.9. The summed E-state index contributed by atoms with van der Waals surface area (Å²) in [7, 11) is 1.22. The molecule has 3 aromatic carbocycles. The van der Waals surface area contributed by atoms with Gasteiger partial charge in [-0.05, 0) is 39.8 Å². The van der Waals surface area contributed by atoms with Crippen LogP contribution in [0.1, 0.15) is 49.1 Å². The number of rotatable bonds is 12. The highest BCUT2D eigenvalue weighted by atomic mass is 16.5. The molecule has 0 saturated carbocycles. The Balaban J connectivity index is 1.48. The molecular weight excluding hydrogens is 634 g/mol. The van der Waals surface area contributed by atoms with Gasteiger partial charge in [-0.1, -0.05) is 106 Å². The van der Waals surface area contributed by atoms with Gasteiger partial charge in [0.15, 0.2) is 5.60 Å². The number of hydrogen-bond acceptors (Lipinski definition) is 8. The molecule has 5 rings (SSSR count). The highest BCUT2D eigenvalue weighted by Crippen LogP contribution is 2.32. The van der Waals surface area contributed by atoms with Crippen molar-refractivity contribution in [2.24, 2.45) is 5.41 Å². The molecule has 0 bridgehead atoms. The number of ether oxygens (including phenoxy) is 1. The van der Waals surface area contributed by atoms with Crippen LogP contribution in [0.3, 0.4) is 0 Å². The summed E-state index contributed by atoms with van der Waals surface area (Å²) in [6.45, 7) is 5.18. The number of nitrogens with one attached hydrogen (secondary N) is 3. The zero-order chi connectivity index (χ0) is 35.9. The van der Waals surface area contributed by atoms with Crippen molar-refractivity contribution in [2.45, 2.75) is 63.9 Å². The highest BCUT2D eigenvalue weighted by Gasteiger charge is 2.43. The Kier molecular flexibility index (Phi) is 11.3. The van der Waals surface area contributed by atoms with Crippen LogP contribution in [0, 0.1) is 5.41 Å². The van der Waals surface area contributed by atoms with Crippen molar-refractivity contribution in [1.29, 1.82) is 0 Å². The lowest BCUT2D eigenvalue weighted by atomic mass is 9.86. The number of fused-ring (bicyclic) bond motifs is 1. The topological polar surface area (TPSA) is 153 Å². The molecule has 1 aliphatic carbocycles. The molecule has 0 spiro atoms. The van der Waals surface area contributed by atoms with Crippen LogP contribution in [0.5, 0.6) is 0 Å². The number of methoxy groups -OCH3 is 1. The van der Waals surface area contributed by atoms with Crippen molar-refractivity contribution < 1.29 is 29.3 Å². The van der Waals surface area contributed by atoms with Gasteiger partial charge < -0.3 is 25.6 Å². The number of amides is 3. The van der Waals surface area contributed by atoms with Gasteiger partial charge in [0.2, 0.25) is 0 Å². The predicted octanol–water partition coefficient (Wildman–Crippen LogP) is 4.10. The standard InChI is InChI=1S/C39H45N5O6/c1-38(2,3)34(42-37(48)50-4)35(46)43-44(24-27-17-19-28(20-18-27)31-16-10-11-21-40-31)25-39(49,23-26-12-6-5-7-13-26)36(47)41-33-30-15-9-8-14-29(30)22-32(33)45/h5-21,32-34,45,49H,22-25H2,1-4H3,(H,41,47)(H,42,48)(H,43,46)/t32-,33+,34-,39+/m1/s1. The minimum absolute atomic E-state index is 0.0851. The SMILES string of the molecule is COC(=O)N[C@H](C(=O)NN(Cc1ccc(-c2ccccn2)cc1)C[C@@](O)(Cc1ccccc1)C(=O)N[C@H]1c2ccccc2C[C@H]1O)C(C)(C)C. The van der Waals surface area contributed by atoms with Gasteiger partial charge in [0.25, 0.3) is 11.8 Å². The fourth-order valence-electron chi connectivity index (χ4n) is 6.22. The summed E-state index contributed by atoms with van der Waals surface area (Å²) in [4.78, 5) is 44.8. The monoisotopic (exact) mass is 679 g/mol. The fraction of sp³-hybridized carbons (Fsp3) is 0.333. The molecule has 262 valence electrons. The van der Waals surface area contributed by atoms with Crippen molar-refractivity contribution >= 4 is 17.9 Å². The third-order valence-corrected chi connectivity index (χ3v) is 8.84. The van der Waals surface area contributed by atoms with Crippen LogP contribution in [-0.2, 0) is 33.7 Å². The molecule has 3 amide bonds. The van der Waals surface area contributed by atoms with Crippen molar-refractivity contribution in [3.05, 3.63) is 126 Å². The lowest BCUT2D eigenvalue weighted by molar-refractivity contribution is -0.147. The molecule has 5 N–H and O–H groups in total. The maximum absolute atomic E-state index is 14.2. The second-order valence-electron chi connectivity index (χ2n) is 13.8. The van der Waals surface area contributed by atoms with E-state index in [4.69, 9.17) is 4.74 Å². The molecule has 0 fully saturated rings. The third kappa shape index (κ3) is 8.92. The summed E-state index contributed by atoms with van der Waals surface area (Å²) in [6, 6.07) is 28.1. The lowest BCUT2D eigenvalue weighted by Crippen LogP contribution is -2.62. The Morgan fingerprint density at radius 1 is 0.920 bits per heavy atom. The number of hydrazine groups is 1. The predicted molar refractivity (Wildman–Crippen MR) is 189 cm³/mol. The van der Waals surface area contributed by atoms with E-state index in [1.807, 2.05) is 97.1 Å². The van der Waals surface area contributed by atoms with Crippen LogP contribution in [0.15, 0.2) is 103 Å². The Morgan fingerprint density at radius 3 is 2.26 bits per heavy atom. The van der Waals surface area contributed by atoms with Crippen LogP contribution in [0.2, 0.25) is 0 Å². The van der Waals surface area contributed by atoms with Crippen LogP contribution in [0.4, 0.5) is 4.79 Å². The van der Waals surface area contributed by atoms with Gasteiger partial charge in [0, 0.05) is 31.1 Å². The number of aromatic nitrogens is 1. The van der Waals surface area contributed by atoms with Crippen LogP contribution >= 0.6 is 0 Å². The molecule has 4 atom stereocenters. The molecule has 11 nitrogen and oxygen atoms in total. The highest BCUT2D eigenvalue weighted by molar-refractivity contribution is 5.87. The van der Waals surface area contributed by atoms with Gasteiger partial charge in [-0.15, -0.1) is 0 Å². The van der Waals surface area contributed by atoms with E-state index in [2.05, 4.69) is 21.0 Å². The van der Waals surface area contributed by atoms with Gasteiger partial charge in [-0.25, -0.2) is 9.80 Å². The van der Waals surface area contributed by atoms with Crippen molar-refractivity contribution in [2.75, 3.05) is 13.7 Å². The first-order valence-electron chi connectivity index (χ1n) is 16.6. The van der Waals surface area contributed by atoms with Crippen LogP contribution in [0.25, 0.3) is 11.3 Å². The average molecular weight is 680 g/mol. The van der Waals surface area contributed by atoms with Crippen molar-refractivity contribution in [3.8, 4) is 11.3 Å². The van der Waals surface area contributed by atoms with E-state index in [0.29, 0.717) is 12.0 Å². The second-order valence-corrected chi connectivity index (χ2v) is 13.8. The lowest BCUT2D eigenvalue weighted by Gasteiger charge is -2.37. The van der Waals surface area contributed by atoms with Gasteiger partial charge in [0.1, 0.15) is 6.04 Å². The molecule has 0 radical (unpaired) electrons. The number of benzene rings is 3. The maximum Gasteiger partial charge on any atom is 0.407 e. The van der Waals surface area contributed by atoms with E-state index in [0.717, 1.165) is 27.9 Å². The smallest absolute Gasteiger partial charge is 0.407 e. The van der Waals surface area contributed by atoms with Gasteiger partial charge in [-0.3, -0.25) is 20.0 Å². The van der Waals surface area contributed by atoms with Crippen molar-refractivity contribution in [3.63, 3.8) is 0 Å². The van der Waals surface area contributed by atoms with Crippen molar-refractivity contribution in [1.82, 2.24) is 26.1 Å². The van der Waals surface area contributed by atoms with E-state index in [9.17, 15) is 24.6 Å². The van der Waals surface area contributed by atoms with Gasteiger partial charge in [-0.2, -0.15) is 0 Å². The van der Waals surface area contributed by atoms with Crippen LogP contribution < -0.4 is 16.1 Å². The summed E-state index contributed by atoms with van der Waals surface area (Å²) in [5, 5.41) is 30.3. The molecule has 1 aromatic heterocycles. The van der Waals surface area contributed by atoms with E-state index in [1.165, 1.54) is 12.1 Å². The zero-order valence-electron chi connectivity index (χ0n) is 28.8. The second kappa shape index (κ2) is 15.6. The van der Waals surface area contributed by atoms with E-state index in [1.54, 1.807) is 27.0 Å². The molecular formula is C39H45N5O6. The Labute approximate surface area is 292 Å². The zero-order valence-corrected chi connectivity index (χ0v) is 28.8. The first-order valence-corrected chi connectivity index (χ1v) is 16.6. The number of aliphatic hydroxyl groups excluding tert-OH is 1. The van der Waals surface area contributed by atoms with E-state index in [-0.39, 0.29) is 19.5 Å². The number of pyridine rings is 1. The third-order valence-electron chi connectivity index (χ3n) is 8.84. The Morgan fingerprint density at radius 2 is 1.60 bits per heavy atom. The van der Waals surface area contributed by atoms with Crippen LogP contribution in [-0.4, -0.2) is 69.5 Å². The molecule has 11 heteroatoms.